The minimum atomic E-state index is 0.813. The summed E-state index contributed by atoms with van der Waals surface area (Å²) in [4.78, 5) is 2.72. The second kappa shape index (κ2) is 6.02. The van der Waals surface area contributed by atoms with E-state index in [0.717, 1.165) is 18.0 Å². The minimum absolute atomic E-state index is 0.813. The third kappa shape index (κ3) is 3.21. The Hall–Kier alpha value is -0.0800. The van der Waals surface area contributed by atoms with E-state index in [1.54, 1.807) is 0 Å². The molecular formula is C14H28N2. The van der Waals surface area contributed by atoms with Gasteiger partial charge >= 0.3 is 0 Å². The Balaban J connectivity index is 1.77. The fourth-order valence-electron chi connectivity index (χ4n) is 3.13. The van der Waals surface area contributed by atoms with Crippen molar-refractivity contribution in [1.82, 2.24) is 10.2 Å². The molecule has 2 fully saturated rings. The Bertz CT molecular complexity index is 201. The van der Waals surface area contributed by atoms with Crippen molar-refractivity contribution < 1.29 is 0 Å². The lowest BCUT2D eigenvalue weighted by Crippen LogP contribution is -2.40. The SMILES string of the molecule is CCCNC1CCCC1CN(CC)C1CC1. The lowest BCUT2D eigenvalue weighted by atomic mass is 10.0. The van der Waals surface area contributed by atoms with Gasteiger partial charge in [0.15, 0.2) is 0 Å². The Morgan fingerprint density at radius 2 is 1.94 bits per heavy atom. The third-order valence-electron chi connectivity index (χ3n) is 4.25. The topological polar surface area (TPSA) is 15.3 Å². The molecule has 0 aromatic heterocycles. The Morgan fingerprint density at radius 1 is 1.12 bits per heavy atom. The van der Waals surface area contributed by atoms with Crippen LogP contribution in [0, 0.1) is 5.92 Å². The van der Waals surface area contributed by atoms with E-state index < -0.39 is 0 Å². The van der Waals surface area contributed by atoms with Gasteiger partial charge in [-0.25, -0.2) is 0 Å². The average molecular weight is 224 g/mol. The molecule has 0 aromatic carbocycles. The van der Waals surface area contributed by atoms with Gasteiger partial charge in [-0.3, -0.25) is 0 Å². The second-order valence-electron chi connectivity index (χ2n) is 5.57. The van der Waals surface area contributed by atoms with E-state index in [4.69, 9.17) is 0 Å². The molecule has 2 aliphatic rings. The first-order chi connectivity index (χ1) is 7.85. The Labute approximate surface area is 101 Å². The largest absolute Gasteiger partial charge is 0.314 e. The van der Waals surface area contributed by atoms with Crippen molar-refractivity contribution in [2.45, 2.75) is 64.5 Å². The normalized spacial score (nSPS) is 30.2. The van der Waals surface area contributed by atoms with Gasteiger partial charge in [0.25, 0.3) is 0 Å². The van der Waals surface area contributed by atoms with E-state index in [-0.39, 0.29) is 0 Å². The molecular weight excluding hydrogens is 196 g/mol. The van der Waals surface area contributed by atoms with Crippen molar-refractivity contribution in [2.75, 3.05) is 19.6 Å². The summed E-state index contributed by atoms with van der Waals surface area (Å²) in [6.45, 7) is 8.39. The van der Waals surface area contributed by atoms with Gasteiger partial charge in [0.2, 0.25) is 0 Å². The fraction of sp³-hybridized carbons (Fsp3) is 1.00. The van der Waals surface area contributed by atoms with Gasteiger partial charge in [-0.1, -0.05) is 20.3 Å². The number of hydrogen-bond acceptors (Lipinski definition) is 2. The van der Waals surface area contributed by atoms with Crippen molar-refractivity contribution in [1.29, 1.82) is 0 Å². The monoisotopic (exact) mass is 224 g/mol. The van der Waals surface area contributed by atoms with Crippen LogP contribution in [0.25, 0.3) is 0 Å². The summed E-state index contributed by atoms with van der Waals surface area (Å²) < 4.78 is 0. The molecule has 2 aliphatic carbocycles. The van der Waals surface area contributed by atoms with Gasteiger partial charge in [0, 0.05) is 18.6 Å². The summed E-state index contributed by atoms with van der Waals surface area (Å²) in [7, 11) is 0. The highest BCUT2D eigenvalue weighted by molar-refractivity contribution is 4.90. The summed E-state index contributed by atoms with van der Waals surface area (Å²) in [6, 6.07) is 1.75. The first-order valence-electron chi connectivity index (χ1n) is 7.32. The van der Waals surface area contributed by atoms with Crippen LogP contribution in [0.15, 0.2) is 0 Å². The summed E-state index contributed by atoms with van der Waals surface area (Å²) in [5, 5.41) is 3.74. The molecule has 0 saturated heterocycles. The summed E-state index contributed by atoms with van der Waals surface area (Å²) in [5.74, 6) is 0.923. The number of rotatable bonds is 7. The summed E-state index contributed by atoms with van der Waals surface area (Å²) >= 11 is 0. The fourth-order valence-corrected chi connectivity index (χ4v) is 3.13. The van der Waals surface area contributed by atoms with Crippen LogP contribution in [0.2, 0.25) is 0 Å². The van der Waals surface area contributed by atoms with Crippen LogP contribution < -0.4 is 5.32 Å². The van der Waals surface area contributed by atoms with E-state index >= 15 is 0 Å². The lowest BCUT2D eigenvalue weighted by Gasteiger charge is -2.28. The van der Waals surface area contributed by atoms with Crippen LogP contribution in [0.1, 0.15) is 52.4 Å². The molecule has 2 nitrogen and oxygen atoms in total. The third-order valence-corrected chi connectivity index (χ3v) is 4.25. The molecule has 0 heterocycles. The first-order valence-corrected chi connectivity index (χ1v) is 7.32. The molecule has 1 N–H and O–H groups in total. The van der Waals surface area contributed by atoms with Gasteiger partial charge in [0.05, 0.1) is 0 Å². The van der Waals surface area contributed by atoms with Crippen molar-refractivity contribution in [3.05, 3.63) is 0 Å². The molecule has 0 radical (unpaired) electrons. The van der Waals surface area contributed by atoms with Gasteiger partial charge < -0.3 is 10.2 Å². The number of nitrogens with one attached hydrogen (secondary N) is 1. The molecule has 16 heavy (non-hydrogen) atoms. The van der Waals surface area contributed by atoms with Crippen molar-refractivity contribution in [3.63, 3.8) is 0 Å². The van der Waals surface area contributed by atoms with Crippen LogP contribution in [-0.4, -0.2) is 36.6 Å². The quantitative estimate of drug-likeness (QED) is 0.715. The zero-order valence-electron chi connectivity index (χ0n) is 11.0. The van der Waals surface area contributed by atoms with E-state index in [9.17, 15) is 0 Å². The van der Waals surface area contributed by atoms with Gasteiger partial charge in [-0.2, -0.15) is 0 Å². The van der Waals surface area contributed by atoms with Crippen LogP contribution in [0.4, 0.5) is 0 Å². The van der Waals surface area contributed by atoms with Gasteiger partial charge in [-0.15, -0.1) is 0 Å². The van der Waals surface area contributed by atoms with Crippen LogP contribution in [0.3, 0.4) is 0 Å². The second-order valence-corrected chi connectivity index (χ2v) is 5.57. The molecule has 94 valence electrons. The van der Waals surface area contributed by atoms with Crippen LogP contribution in [-0.2, 0) is 0 Å². The van der Waals surface area contributed by atoms with E-state index in [0.29, 0.717) is 0 Å². The number of hydrogen-bond donors (Lipinski definition) is 1. The molecule has 0 aliphatic heterocycles. The lowest BCUT2D eigenvalue weighted by molar-refractivity contribution is 0.214. The predicted octanol–water partition coefficient (Wildman–Crippen LogP) is 2.64. The zero-order chi connectivity index (χ0) is 11.4. The van der Waals surface area contributed by atoms with Gasteiger partial charge in [-0.05, 0) is 51.1 Å². The molecule has 0 amide bonds. The van der Waals surface area contributed by atoms with E-state index in [1.165, 1.54) is 58.2 Å². The summed E-state index contributed by atoms with van der Waals surface area (Å²) in [5.41, 5.74) is 0. The molecule has 0 aromatic rings. The molecule has 0 bridgehead atoms. The summed E-state index contributed by atoms with van der Waals surface area (Å²) in [6.07, 6.45) is 8.47. The zero-order valence-corrected chi connectivity index (χ0v) is 11.0. The van der Waals surface area contributed by atoms with Crippen molar-refractivity contribution >= 4 is 0 Å². The molecule has 2 saturated carbocycles. The van der Waals surface area contributed by atoms with Crippen LogP contribution in [0.5, 0.6) is 0 Å². The standard InChI is InChI=1S/C14H28N2/c1-3-10-15-14-7-5-6-12(14)11-16(4-2)13-8-9-13/h12-15H,3-11H2,1-2H3. The van der Waals surface area contributed by atoms with Crippen LogP contribution >= 0.6 is 0 Å². The molecule has 2 heteroatoms. The number of nitrogens with zero attached hydrogens (tertiary/aromatic N) is 1. The maximum absolute atomic E-state index is 3.74. The smallest absolute Gasteiger partial charge is 0.0107 e. The van der Waals surface area contributed by atoms with E-state index in [2.05, 4.69) is 24.1 Å². The van der Waals surface area contributed by atoms with Gasteiger partial charge in [0.1, 0.15) is 0 Å². The molecule has 2 atom stereocenters. The molecule has 0 spiro atoms. The highest BCUT2D eigenvalue weighted by atomic mass is 15.2. The highest BCUT2D eigenvalue weighted by Gasteiger charge is 2.33. The highest BCUT2D eigenvalue weighted by Crippen LogP contribution is 2.31. The molecule has 2 rings (SSSR count). The van der Waals surface area contributed by atoms with E-state index in [1.807, 2.05) is 0 Å². The molecule has 2 unspecified atom stereocenters. The maximum atomic E-state index is 3.74. The Morgan fingerprint density at radius 3 is 2.56 bits per heavy atom. The predicted molar refractivity (Wildman–Crippen MR) is 69.7 cm³/mol. The first kappa shape index (κ1) is 12.4. The maximum Gasteiger partial charge on any atom is 0.0107 e. The minimum Gasteiger partial charge on any atom is -0.314 e. The van der Waals surface area contributed by atoms with Crippen molar-refractivity contribution in [2.24, 2.45) is 5.92 Å². The Kier molecular flexibility index (Phi) is 4.66. The average Bonchev–Trinajstić information content (AvgIpc) is 3.05. The van der Waals surface area contributed by atoms with Crippen molar-refractivity contribution in [3.8, 4) is 0 Å².